The summed E-state index contributed by atoms with van der Waals surface area (Å²) in [5.74, 6) is 1.64. The van der Waals surface area contributed by atoms with E-state index in [-0.39, 0.29) is 0 Å². The summed E-state index contributed by atoms with van der Waals surface area (Å²) in [6.07, 6.45) is 2.56. The van der Waals surface area contributed by atoms with Crippen molar-refractivity contribution in [3.8, 4) is 5.75 Å². The second-order valence-electron chi connectivity index (χ2n) is 4.43. The molecule has 1 aromatic carbocycles. The van der Waals surface area contributed by atoms with E-state index >= 15 is 0 Å². The lowest BCUT2D eigenvalue weighted by Gasteiger charge is -2.31. The molecule has 2 heteroatoms. The third kappa shape index (κ3) is 3.24. The van der Waals surface area contributed by atoms with Crippen molar-refractivity contribution in [2.75, 3.05) is 26.2 Å². The van der Waals surface area contributed by atoms with Gasteiger partial charge in [0.05, 0.1) is 6.61 Å². The molecule has 0 amide bonds. The SMILES string of the molecule is [CH2]CN1CCC[C@@H](COc2ccccc2)C1. The monoisotopic (exact) mass is 218 g/mol. The molecule has 1 aromatic rings. The summed E-state index contributed by atoms with van der Waals surface area (Å²) in [4.78, 5) is 2.41. The molecule has 1 heterocycles. The smallest absolute Gasteiger partial charge is 0.119 e. The Bertz CT molecular complexity index is 299. The predicted octanol–water partition coefficient (Wildman–Crippen LogP) is 2.61. The topological polar surface area (TPSA) is 12.5 Å². The van der Waals surface area contributed by atoms with Gasteiger partial charge in [-0.05, 0) is 45.0 Å². The molecule has 0 saturated carbocycles. The standard InChI is InChI=1S/C14H20NO/c1-2-15-10-6-7-13(11-15)12-16-14-8-4-3-5-9-14/h3-5,8-9,13H,1-2,6-7,10-12H2/t13-/m1/s1. The number of rotatable bonds is 4. The first-order valence-corrected chi connectivity index (χ1v) is 6.08. The van der Waals surface area contributed by atoms with Gasteiger partial charge in [0.2, 0.25) is 0 Å². The quantitative estimate of drug-likeness (QED) is 0.770. The van der Waals surface area contributed by atoms with Crippen molar-refractivity contribution in [3.05, 3.63) is 37.3 Å². The highest BCUT2D eigenvalue weighted by molar-refractivity contribution is 5.20. The summed E-state index contributed by atoms with van der Waals surface area (Å²) in [7, 11) is 0. The zero-order chi connectivity index (χ0) is 11.2. The van der Waals surface area contributed by atoms with E-state index < -0.39 is 0 Å². The fraction of sp³-hybridized carbons (Fsp3) is 0.500. The zero-order valence-corrected chi connectivity index (χ0v) is 9.77. The number of likely N-dealkylation sites (tertiary alicyclic amines) is 1. The second-order valence-corrected chi connectivity index (χ2v) is 4.43. The molecule has 2 rings (SSSR count). The number of benzene rings is 1. The molecule has 0 aromatic heterocycles. The molecule has 16 heavy (non-hydrogen) atoms. The second kappa shape index (κ2) is 5.90. The number of hydrogen-bond donors (Lipinski definition) is 0. The highest BCUT2D eigenvalue weighted by Crippen LogP contribution is 2.18. The first-order chi connectivity index (χ1) is 7.88. The van der Waals surface area contributed by atoms with Gasteiger partial charge in [0.25, 0.3) is 0 Å². The van der Waals surface area contributed by atoms with Crippen molar-refractivity contribution in [2.24, 2.45) is 5.92 Å². The van der Waals surface area contributed by atoms with E-state index in [1.165, 1.54) is 19.4 Å². The number of ether oxygens (including phenoxy) is 1. The van der Waals surface area contributed by atoms with Gasteiger partial charge in [0.15, 0.2) is 0 Å². The van der Waals surface area contributed by atoms with E-state index in [4.69, 9.17) is 4.74 Å². The maximum Gasteiger partial charge on any atom is 0.119 e. The van der Waals surface area contributed by atoms with Crippen LogP contribution in [0.15, 0.2) is 30.3 Å². The van der Waals surface area contributed by atoms with Crippen molar-refractivity contribution in [2.45, 2.75) is 12.8 Å². The zero-order valence-electron chi connectivity index (χ0n) is 9.77. The molecular formula is C14H20NO. The Morgan fingerprint density at radius 2 is 2.12 bits per heavy atom. The summed E-state index contributed by atoms with van der Waals surface area (Å²) in [5.41, 5.74) is 0. The molecule has 1 atom stereocenters. The third-order valence-corrected chi connectivity index (χ3v) is 3.15. The molecular weight excluding hydrogens is 198 g/mol. The molecule has 0 N–H and O–H groups in total. The van der Waals surface area contributed by atoms with Crippen LogP contribution in [0.1, 0.15) is 12.8 Å². The Morgan fingerprint density at radius 3 is 2.88 bits per heavy atom. The van der Waals surface area contributed by atoms with Gasteiger partial charge in [0.1, 0.15) is 5.75 Å². The Balaban J connectivity index is 1.77. The Labute approximate surface area is 98.2 Å². The minimum atomic E-state index is 0.663. The van der Waals surface area contributed by atoms with Crippen LogP contribution in [-0.2, 0) is 0 Å². The number of para-hydroxylation sites is 1. The molecule has 1 aliphatic rings. The average Bonchev–Trinajstić information content (AvgIpc) is 2.38. The number of piperidine rings is 1. The Kier molecular flexibility index (Phi) is 4.23. The minimum Gasteiger partial charge on any atom is -0.493 e. The molecule has 0 unspecified atom stereocenters. The average molecular weight is 218 g/mol. The van der Waals surface area contributed by atoms with E-state index in [0.29, 0.717) is 5.92 Å². The summed E-state index contributed by atoms with van der Waals surface area (Å²) < 4.78 is 5.79. The Morgan fingerprint density at radius 1 is 1.31 bits per heavy atom. The first-order valence-electron chi connectivity index (χ1n) is 6.08. The van der Waals surface area contributed by atoms with Gasteiger partial charge in [-0.15, -0.1) is 0 Å². The molecule has 1 fully saturated rings. The fourth-order valence-electron chi connectivity index (χ4n) is 2.22. The molecule has 0 spiro atoms. The molecule has 1 radical (unpaired) electrons. The van der Waals surface area contributed by atoms with E-state index in [0.717, 1.165) is 25.4 Å². The number of nitrogens with zero attached hydrogens (tertiary/aromatic N) is 1. The van der Waals surface area contributed by atoms with Crippen molar-refractivity contribution in [1.82, 2.24) is 4.90 Å². The van der Waals surface area contributed by atoms with Crippen LogP contribution >= 0.6 is 0 Å². The maximum absolute atomic E-state index is 5.79. The van der Waals surface area contributed by atoms with Gasteiger partial charge < -0.3 is 9.64 Å². The van der Waals surface area contributed by atoms with Gasteiger partial charge in [0, 0.05) is 12.5 Å². The van der Waals surface area contributed by atoms with Crippen LogP contribution in [0.4, 0.5) is 0 Å². The van der Waals surface area contributed by atoms with Crippen LogP contribution in [0.2, 0.25) is 0 Å². The van der Waals surface area contributed by atoms with Crippen LogP contribution in [0.5, 0.6) is 5.75 Å². The molecule has 2 nitrogen and oxygen atoms in total. The Hall–Kier alpha value is -1.02. The van der Waals surface area contributed by atoms with Crippen molar-refractivity contribution < 1.29 is 4.74 Å². The molecule has 0 aliphatic carbocycles. The van der Waals surface area contributed by atoms with E-state index in [1.54, 1.807) is 0 Å². The first kappa shape index (κ1) is 11.5. The van der Waals surface area contributed by atoms with E-state index in [1.807, 2.05) is 30.3 Å². The lowest BCUT2D eigenvalue weighted by molar-refractivity contribution is 0.139. The van der Waals surface area contributed by atoms with Crippen LogP contribution < -0.4 is 4.74 Å². The summed E-state index contributed by atoms with van der Waals surface area (Å²) in [6.45, 7) is 8.03. The van der Waals surface area contributed by atoms with Crippen LogP contribution in [-0.4, -0.2) is 31.1 Å². The normalized spacial score (nSPS) is 21.9. The van der Waals surface area contributed by atoms with Crippen LogP contribution in [0.3, 0.4) is 0 Å². The van der Waals surface area contributed by atoms with Gasteiger partial charge in [-0.2, -0.15) is 0 Å². The summed E-state index contributed by atoms with van der Waals surface area (Å²) in [6, 6.07) is 10.1. The number of hydrogen-bond acceptors (Lipinski definition) is 2. The third-order valence-electron chi connectivity index (χ3n) is 3.15. The van der Waals surface area contributed by atoms with E-state index in [9.17, 15) is 0 Å². The summed E-state index contributed by atoms with van der Waals surface area (Å²) >= 11 is 0. The van der Waals surface area contributed by atoms with Gasteiger partial charge in [-0.3, -0.25) is 0 Å². The lowest BCUT2D eigenvalue weighted by Crippen LogP contribution is -2.37. The van der Waals surface area contributed by atoms with Gasteiger partial charge >= 0.3 is 0 Å². The van der Waals surface area contributed by atoms with Crippen LogP contribution in [0.25, 0.3) is 0 Å². The minimum absolute atomic E-state index is 0.663. The fourth-order valence-corrected chi connectivity index (χ4v) is 2.22. The largest absolute Gasteiger partial charge is 0.493 e. The molecule has 1 aliphatic heterocycles. The highest BCUT2D eigenvalue weighted by atomic mass is 16.5. The molecule has 1 saturated heterocycles. The van der Waals surface area contributed by atoms with Crippen molar-refractivity contribution in [1.29, 1.82) is 0 Å². The van der Waals surface area contributed by atoms with Crippen LogP contribution in [0, 0.1) is 12.8 Å². The van der Waals surface area contributed by atoms with Crippen molar-refractivity contribution >= 4 is 0 Å². The summed E-state index contributed by atoms with van der Waals surface area (Å²) in [5, 5.41) is 0. The van der Waals surface area contributed by atoms with E-state index in [2.05, 4.69) is 11.8 Å². The van der Waals surface area contributed by atoms with Crippen molar-refractivity contribution in [3.63, 3.8) is 0 Å². The lowest BCUT2D eigenvalue weighted by atomic mass is 9.99. The molecule has 0 bridgehead atoms. The van der Waals surface area contributed by atoms with Gasteiger partial charge in [-0.25, -0.2) is 0 Å². The predicted molar refractivity (Wildman–Crippen MR) is 66.5 cm³/mol. The molecule has 87 valence electrons. The maximum atomic E-state index is 5.79. The van der Waals surface area contributed by atoms with Gasteiger partial charge in [-0.1, -0.05) is 18.2 Å². The highest BCUT2D eigenvalue weighted by Gasteiger charge is 2.18.